The Morgan fingerprint density at radius 2 is 2.10 bits per heavy atom. The summed E-state index contributed by atoms with van der Waals surface area (Å²) in [5.41, 5.74) is 1.40. The average molecular weight is 292 g/mol. The minimum atomic E-state index is -0.167. The second-order valence-electron chi connectivity index (χ2n) is 4.24. The number of anilines is 1. The zero-order chi connectivity index (χ0) is 14.5. The molecule has 0 aliphatic rings. The van der Waals surface area contributed by atoms with Gasteiger partial charge in [-0.3, -0.25) is 4.79 Å². The van der Waals surface area contributed by atoms with Crippen LogP contribution in [0, 0.1) is 0 Å². The third-order valence-electron chi connectivity index (χ3n) is 2.73. The first kappa shape index (κ1) is 14.2. The first-order chi connectivity index (χ1) is 9.58. The molecule has 104 valence electrons. The molecule has 0 aliphatic heterocycles. The minimum absolute atomic E-state index is 0.0162. The van der Waals surface area contributed by atoms with Crippen LogP contribution in [0.25, 0.3) is 0 Å². The molecule has 0 aromatic heterocycles. The lowest BCUT2D eigenvalue weighted by Gasteiger charge is -2.07. The van der Waals surface area contributed by atoms with Crippen LogP contribution < -0.4 is 10.1 Å². The number of rotatable bonds is 4. The Labute approximate surface area is 122 Å². The molecule has 0 heterocycles. The normalized spacial score (nSPS) is 10.1. The molecule has 0 aliphatic carbocycles. The van der Waals surface area contributed by atoms with Crippen LogP contribution in [0.3, 0.4) is 0 Å². The average Bonchev–Trinajstić information content (AvgIpc) is 2.43. The molecule has 2 N–H and O–H groups in total. The summed E-state index contributed by atoms with van der Waals surface area (Å²) in [6.45, 7) is 0. The van der Waals surface area contributed by atoms with Gasteiger partial charge in [0.25, 0.3) is 0 Å². The molecule has 20 heavy (non-hydrogen) atoms. The number of carbonyl (C=O) groups is 1. The Kier molecular flexibility index (Phi) is 4.48. The molecule has 0 unspecified atom stereocenters. The summed E-state index contributed by atoms with van der Waals surface area (Å²) in [6.07, 6.45) is 0.232. The van der Waals surface area contributed by atoms with Gasteiger partial charge in [-0.2, -0.15) is 0 Å². The number of ether oxygens (including phenoxy) is 1. The van der Waals surface area contributed by atoms with E-state index in [4.69, 9.17) is 16.3 Å². The first-order valence-electron chi connectivity index (χ1n) is 6.00. The fraction of sp³-hybridized carbons (Fsp3) is 0.133. The van der Waals surface area contributed by atoms with E-state index in [0.29, 0.717) is 11.4 Å². The van der Waals surface area contributed by atoms with E-state index in [0.717, 1.165) is 5.56 Å². The van der Waals surface area contributed by atoms with Gasteiger partial charge in [0, 0.05) is 5.69 Å². The Balaban J connectivity index is 2.03. The van der Waals surface area contributed by atoms with Crippen molar-refractivity contribution >= 4 is 23.2 Å². The summed E-state index contributed by atoms with van der Waals surface area (Å²) in [5.74, 6) is 0.528. The number of methoxy groups -OCH3 is 1. The summed E-state index contributed by atoms with van der Waals surface area (Å²) in [6, 6.07) is 11.8. The van der Waals surface area contributed by atoms with Crippen LogP contribution in [-0.4, -0.2) is 18.1 Å². The molecular weight excluding hydrogens is 278 g/mol. The highest BCUT2D eigenvalue weighted by atomic mass is 35.5. The van der Waals surface area contributed by atoms with Gasteiger partial charge in [-0.15, -0.1) is 0 Å². The second kappa shape index (κ2) is 6.30. The lowest BCUT2D eigenvalue weighted by atomic mass is 10.1. The molecule has 5 heteroatoms. The van der Waals surface area contributed by atoms with E-state index >= 15 is 0 Å². The third kappa shape index (κ3) is 3.65. The topological polar surface area (TPSA) is 58.6 Å². The number of carbonyl (C=O) groups excluding carboxylic acids is 1. The van der Waals surface area contributed by atoms with Gasteiger partial charge in [-0.05, 0) is 35.9 Å². The number of amides is 1. The minimum Gasteiger partial charge on any atom is -0.506 e. The summed E-state index contributed by atoms with van der Waals surface area (Å²) in [4.78, 5) is 11.9. The zero-order valence-electron chi connectivity index (χ0n) is 10.9. The summed E-state index contributed by atoms with van der Waals surface area (Å²) in [7, 11) is 1.58. The largest absolute Gasteiger partial charge is 0.506 e. The number of aromatic hydroxyl groups is 1. The van der Waals surface area contributed by atoms with Gasteiger partial charge >= 0.3 is 0 Å². The molecule has 0 atom stereocenters. The maximum Gasteiger partial charge on any atom is 0.228 e. The van der Waals surface area contributed by atoms with Crippen molar-refractivity contribution in [2.24, 2.45) is 0 Å². The van der Waals surface area contributed by atoms with Crippen LogP contribution in [-0.2, 0) is 11.2 Å². The van der Waals surface area contributed by atoms with E-state index in [1.54, 1.807) is 13.2 Å². The molecule has 0 spiro atoms. The smallest absolute Gasteiger partial charge is 0.228 e. The van der Waals surface area contributed by atoms with Crippen molar-refractivity contribution < 1.29 is 14.6 Å². The number of hydrogen-bond donors (Lipinski definition) is 2. The van der Waals surface area contributed by atoms with Gasteiger partial charge in [0.15, 0.2) is 0 Å². The van der Waals surface area contributed by atoms with E-state index in [-0.39, 0.29) is 23.1 Å². The second-order valence-corrected chi connectivity index (χ2v) is 4.65. The van der Waals surface area contributed by atoms with Crippen molar-refractivity contribution in [3.8, 4) is 11.5 Å². The molecule has 0 radical (unpaired) electrons. The molecule has 2 aromatic rings. The number of phenolic OH excluding ortho intramolecular Hbond substituents is 1. The van der Waals surface area contributed by atoms with Crippen molar-refractivity contribution in [1.29, 1.82) is 0 Å². The quantitative estimate of drug-likeness (QED) is 0.850. The molecule has 2 aromatic carbocycles. The fourth-order valence-electron chi connectivity index (χ4n) is 1.76. The predicted octanol–water partition coefficient (Wildman–Crippen LogP) is 3.24. The fourth-order valence-corrected chi connectivity index (χ4v) is 1.94. The van der Waals surface area contributed by atoms with Crippen LogP contribution in [0.1, 0.15) is 5.56 Å². The van der Waals surface area contributed by atoms with Crippen molar-refractivity contribution in [3.63, 3.8) is 0 Å². The van der Waals surface area contributed by atoms with Crippen molar-refractivity contribution in [3.05, 3.63) is 53.1 Å². The highest BCUT2D eigenvalue weighted by Crippen LogP contribution is 2.26. The summed E-state index contributed by atoms with van der Waals surface area (Å²) >= 11 is 5.78. The zero-order valence-corrected chi connectivity index (χ0v) is 11.6. The Bertz CT molecular complexity index is 628. The maximum absolute atomic E-state index is 11.9. The van der Waals surface area contributed by atoms with Crippen molar-refractivity contribution in [1.82, 2.24) is 0 Å². The number of hydrogen-bond acceptors (Lipinski definition) is 3. The molecule has 2 rings (SSSR count). The molecule has 1 amide bonds. The van der Waals surface area contributed by atoms with Gasteiger partial charge in [0.05, 0.1) is 18.6 Å². The predicted molar refractivity (Wildman–Crippen MR) is 78.4 cm³/mol. The van der Waals surface area contributed by atoms with Crippen LogP contribution in [0.15, 0.2) is 42.5 Å². The molecular formula is C15H14ClNO3. The SMILES string of the molecule is COc1cccc(CC(=O)Nc2ccc(O)c(Cl)c2)c1. The molecule has 0 saturated heterocycles. The maximum atomic E-state index is 11.9. The lowest BCUT2D eigenvalue weighted by molar-refractivity contribution is -0.115. The highest BCUT2D eigenvalue weighted by molar-refractivity contribution is 6.32. The van der Waals surface area contributed by atoms with E-state index in [2.05, 4.69) is 5.32 Å². The van der Waals surface area contributed by atoms with E-state index in [1.165, 1.54) is 12.1 Å². The standard InChI is InChI=1S/C15H14ClNO3/c1-20-12-4-2-3-10(7-12)8-15(19)17-11-5-6-14(18)13(16)9-11/h2-7,9,18H,8H2,1H3,(H,17,19). The van der Waals surface area contributed by atoms with E-state index < -0.39 is 0 Å². The van der Waals surface area contributed by atoms with Gasteiger partial charge < -0.3 is 15.2 Å². The van der Waals surface area contributed by atoms with Crippen molar-refractivity contribution in [2.75, 3.05) is 12.4 Å². The third-order valence-corrected chi connectivity index (χ3v) is 3.03. The molecule has 0 fully saturated rings. The van der Waals surface area contributed by atoms with E-state index in [9.17, 15) is 9.90 Å². The lowest BCUT2D eigenvalue weighted by Crippen LogP contribution is -2.14. The number of phenols is 1. The molecule has 4 nitrogen and oxygen atoms in total. The van der Waals surface area contributed by atoms with Gasteiger partial charge in [-0.25, -0.2) is 0 Å². The van der Waals surface area contributed by atoms with Gasteiger partial charge in [-0.1, -0.05) is 23.7 Å². The number of benzene rings is 2. The van der Waals surface area contributed by atoms with Crippen molar-refractivity contribution in [2.45, 2.75) is 6.42 Å². The summed E-state index contributed by atoms with van der Waals surface area (Å²) in [5, 5.41) is 12.2. The number of halogens is 1. The van der Waals surface area contributed by atoms with Gasteiger partial charge in [0.1, 0.15) is 11.5 Å². The molecule has 0 saturated carbocycles. The van der Waals surface area contributed by atoms with Crippen LogP contribution >= 0.6 is 11.6 Å². The summed E-state index contributed by atoms with van der Waals surface area (Å²) < 4.78 is 5.11. The Morgan fingerprint density at radius 3 is 2.80 bits per heavy atom. The van der Waals surface area contributed by atoms with E-state index in [1.807, 2.05) is 24.3 Å². The van der Waals surface area contributed by atoms with Gasteiger partial charge in [0.2, 0.25) is 5.91 Å². The van der Waals surface area contributed by atoms with Crippen LogP contribution in [0.5, 0.6) is 11.5 Å². The van der Waals surface area contributed by atoms with Crippen LogP contribution in [0.2, 0.25) is 5.02 Å². The Hall–Kier alpha value is -2.20. The molecule has 0 bridgehead atoms. The van der Waals surface area contributed by atoms with Crippen LogP contribution in [0.4, 0.5) is 5.69 Å². The monoisotopic (exact) mass is 291 g/mol. The Morgan fingerprint density at radius 1 is 1.30 bits per heavy atom. The first-order valence-corrected chi connectivity index (χ1v) is 6.37. The number of nitrogens with one attached hydrogen (secondary N) is 1. The highest BCUT2D eigenvalue weighted by Gasteiger charge is 2.06.